The molecule has 2 aliphatic rings. The maximum Gasteiger partial charge on any atom is 0.342 e. The Kier molecular flexibility index (Phi) is 10.6. The highest BCUT2D eigenvalue weighted by molar-refractivity contribution is 6.12. The Hall–Kier alpha value is -1.89. The van der Waals surface area contributed by atoms with Gasteiger partial charge in [0.15, 0.2) is 6.29 Å². The largest absolute Gasteiger partial charge is 0.394 e. The van der Waals surface area contributed by atoms with Gasteiger partial charge in [0.2, 0.25) is 5.91 Å². The van der Waals surface area contributed by atoms with Crippen LogP contribution >= 0.6 is 0 Å². The molecule has 4 N–H and O–H groups in total. The molecular formula is C25H41NO10. The normalized spacial score (nSPS) is 27.4. The number of ether oxygens (including phenoxy) is 4. The molecule has 11 nitrogen and oxygen atoms in total. The number of carbonyl (C=O) groups is 3. The molecule has 1 amide bonds. The summed E-state index contributed by atoms with van der Waals surface area (Å²) in [4.78, 5) is 35.5. The van der Waals surface area contributed by atoms with Gasteiger partial charge in [-0.2, -0.15) is 0 Å². The highest BCUT2D eigenvalue weighted by Gasteiger charge is 2.42. The maximum absolute atomic E-state index is 12.4. The van der Waals surface area contributed by atoms with Crippen LogP contribution in [0.25, 0.3) is 0 Å². The molecule has 1 fully saturated rings. The van der Waals surface area contributed by atoms with Gasteiger partial charge >= 0.3 is 11.9 Å². The topological polar surface area (TPSA) is 161 Å². The number of rotatable bonds is 13. The van der Waals surface area contributed by atoms with Crippen LogP contribution in [-0.4, -0.2) is 88.7 Å². The van der Waals surface area contributed by atoms with E-state index in [-0.39, 0.29) is 36.5 Å². The summed E-state index contributed by atoms with van der Waals surface area (Å²) in [6.07, 6.45) is -2.62. The first-order valence-electron chi connectivity index (χ1n) is 12.3. The summed E-state index contributed by atoms with van der Waals surface area (Å²) >= 11 is 0. The molecule has 1 saturated heterocycles. The van der Waals surface area contributed by atoms with E-state index in [2.05, 4.69) is 10.1 Å². The van der Waals surface area contributed by atoms with Crippen molar-refractivity contribution in [3.63, 3.8) is 0 Å². The molecule has 0 radical (unpaired) electrons. The van der Waals surface area contributed by atoms with Crippen LogP contribution in [0.5, 0.6) is 0 Å². The second-order valence-corrected chi connectivity index (χ2v) is 10.8. The van der Waals surface area contributed by atoms with Crippen LogP contribution in [0, 0.1) is 5.92 Å². The Morgan fingerprint density at radius 3 is 2.31 bits per heavy atom. The first-order valence-corrected chi connectivity index (χ1v) is 12.3. The molecule has 0 saturated carbocycles. The predicted octanol–water partition coefficient (Wildman–Crippen LogP) is 0.728. The summed E-state index contributed by atoms with van der Waals surface area (Å²) in [7, 11) is 0. The molecule has 2 rings (SSSR count). The molecule has 5 unspecified atom stereocenters. The van der Waals surface area contributed by atoms with Crippen LogP contribution in [0.2, 0.25) is 0 Å². The minimum atomic E-state index is -1.17. The molecule has 2 aliphatic heterocycles. The van der Waals surface area contributed by atoms with E-state index >= 15 is 0 Å². The first-order chi connectivity index (χ1) is 16.7. The van der Waals surface area contributed by atoms with Crippen LogP contribution in [0.4, 0.5) is 0 Å². The predicted molar refractivity (Wildman–Crippen MR) is 127 cm³/mol. The van der Waals surface area contributed by atoms with Crippen LogP contribution in [0.1, 0.15) is 67.2 Å². The van der Waals surface area contributed by atoms with Gasteiger partial charge in [0.25, 0.3) is 0 Å². The minimum Gasteiger partial charge on any atom is -0.394 e. The van der Waals surface area contributed by atoms with Crippen LogP contribution in [0.3, 0.4) is 0 Å². The molecule has 5 atom stereocenters. The SMILES string of the molecule is CC1=C(CCC(=O)NC(C)(C)CCOC(C)(C)CCOC2OC(CO)C(O)C(O)C2C)C(=O)OC1=O. The van der Waals surface area contributed by atoms with E-state index in [1.165, 1.54) is 6.92 Å². The summed E-state index contributed by atoms with van der Waals surface area (Å²) in [5.41, 5.74) is -0.601. The zero-order valence-electron chi connectivity index (χ0n) is 22.0. The van der Waals surface area contributed by atoms with Crippen molar-refractivity contribution in [2.75, 3.05) is 19.8 Å². The quantitative estimate of drug-likeness (QED) is 0.203. The van der Waals surface area contributed by atoms with Crippen LogP contribution < -0.4 is 5.32 Å². The lowest BCUT2D eigenvalue weighted by molar-refractivity contribution is -0.284. The third-order valence-electron chi connectivity index (χ3n) is 6.66. The summed E-state index contributed by atoms with van der Waals surface area (Å²) in [6, 6.07) is 0. The summed E-state index contributed by atoms with van der Waals surface area (Å²) in [6.45, 7) is 11.0. The number of hydrogen-bond donors (Lipinski definition) is 4. The van der Waals surface area contributed by atoms with Gasteiger partial charge < -0.3 is 39.6 Å². The average Bonchev–Trinajstić information content (AvgIpc) is 3.02. The van der Waals surface area contributed by atoms with Gasteiger partial charge in [-0.25, -0.2) is 9.59 Å². The zero-order chi connectivity index (χ0) is 27.3. The number of amides is 1. The van der Waals surface area contributed by atoms with Gasteiger partial charge in [0, 0.05) is 35.6 Å². The Morgan fingerprint density at radius 1 is 1.06 bits per heavy atom. The lowest BCUT2D eigenvalue weighted by atomic mass is 9.92. The van der Waals surface area contributed by atoms with Gasteiger partial charge in [-0.3, -0.25) is 4.79 Å². The van der Waals surface area contributed by atoms with E-state index in [9.17, 15) is 29.7 Å². The third kappa shape index (κ3) is 8.32. The zero-order valence-corrected chi connectivity index (χ0v) is 22.0. The monoisotopic (exact) mass is 515 g/mol. The summed E-state index contributed by atoms with van der Waals surface area (Å²) in [5, 5.41) is 32.3. The van der Waals surface area contributed by atoms with Crippen LogP contribution in [0.15, 0.2) is 11.1 Å². The number of esters is 2. The maximum atomic E-state index is 12.4. The van der Waals surface area contributed by atoms with Crippen molar-refractivity contribution in [3.8, 4) is 0 Å². The molecular weight excluding hydrogens is 474 g/mol. The highest BCUT2D eigenvalue weighted by Crippen LogP contribution is 2.28. The van der Waals surface area contributed by atoms with Gasteiger partial charge in [0.05, 0.1) is 24.9 Å². The van der Waals surface area contributed by atoms with Crippen molar-refractivity contribution < 1.29 is 48.7 Å². The fraction of sp³-hybridized carbons (Fsp3) is 0.800. The Balaban J connectivity index is 1.72. The molecule has 0 aliphatic carbocycles. The van der Waals surface area contributed by atoms with Crippen LogP contribution in [-0.2, 0) is 33.3 Å². The first kappa shape index (κ1) is 30.3. The number of hydrogen-bond acceptors (Lipinski definition) is 10. The van der Waals surface area contributed by atoms with E-state index in [1.54, 1.807) is 6.92 Å². The molecule has 206 valence electrons. The number of carbonyl (C=O) groups excluding carboxylic acids is 3. The molecule has 0 aromatic rings. The molecule has 0 spiro atoms. The third-order valence-corrected chi connectivity index (χ3v) is 6.66. The van der Waals surface area contributed by atoms with Crippen molar-refractivity contribution in [1.82, 2.24) is 5.32 Å². The Labute approximate surface area is 212 Å². The molecule has 0 aromatic heterocycles. The van der Waals surface area contributed by atoms with Crippen molar-refractivity contribution >= 4 is 17.8 Å². The molecule has 2 heterocycles. The average molecular weight is 516 g/mol. The Bertz CT molecular complexity index is 835. The molecule has 36 heavy (non-hydrogen) atoms. The number of nitrogens with one attached hydrogen (secondary N) is 1. The van der Waals surface area contributed by atoms with E-state index in [0.717, 1.165) is 0 Å². The van der Waals surface area contributed by atoms with Crippen molar-refractivity contribution in [2.24, 2.45) is 5.92 Å². The lowest BCUT2D eigenvalue weighted by Crippen LogP contribution is -2.55. The Morgan fingerprint density at radius 2 is 1.72 bits per heavy atom. The standard InChI is InChI=1S/C25H41NO10/c1-14-16(22(32)36-21(14)31)7-8-18(28)26-24(3,4)9-12-34-25(5,6)10-11-33-23-15(2)19(29)20(30)17(13-27)35-23/h15,17,19-20,23,27,29-30H,7-13H2,1-6H3,(H,26,28). The highest BCUT2D eigenvalue weighted by atomic mass is 16.7. The second kappa shape index (κ2) is 12.6. The van der Waals surface area contributed by atoms with E-state index in [1.807, 2.05) is 27.7 Å². The fourth-order valence-corrected chi connectivity index (χ4v) is 4.02. The fourth-order valence-electron chi connectivity index (χ4n) is 4.02. The molecule has 11 heteroatoms. The summed E-state index contributed by atoms with van der Waals surface area (Å²) < 4.78 is 21.9. The van der Waals surface area contributed by atoms with Gasteiger partial charge in [-0.1, -0.05) is 6.92 Å². The molecule has 0 bridgehead atoms. The van der Waals surface area contributed by atoms with Crippen molar-refractivity contribution in [1.29, 1.82) is 0 Å². The minimum absolute atomic E-state index is 0.0622. The number of aliphatic hydroxyl groups excluding tert-OH is 3. The van der Waals surface area contributed by atoms with Gasteiger partial charge in [-0.15, -0.1) is 0 Å². The molecule has 0 aromatic carbocycles. The van der Waals surface area contributed by atoms with Gasteiger partial charge in [-0.05, 0) is 53.9 Å². The number of aliphatic hydroxyl groups is 3. The smallest absolute Gasteiger partial charge is 0.342 e. The van der Waals surface area contributed by atoms with Crippen molar-refractivity contribution in [3.05, 3.63) is 11.1 Å². The van der Waals surface area contributed by atoms with Gasteiger partial charge in [0.1, 0.15) is 12.2 Å². The van der Waals surface area contributed by atoms with E-state index in [4.69, 9.17) is 14.2 Å². The second-order valence-electron chi connectivity index (χ2n) is 10.8. The van der Waals surface area contributed by atoms with E-state index in [0.29, 0.717) is 19.4 Å². The lowest BCUT2D eigenvalue weighted by Gasteiger charge is -2.41. The number of cyclic esters (lactones) is 2. The summed E-state index contributed by atoms with van der Waals surface area (Å²) in [5.74, 6) is -2.05. The van der Waals surface area contributed by atoms with Crippen molar-refractivity contribution in [2.45, 2.75) is 103 Å². The van der Waals surface area contributed by atoms with E-state index < -0.39 is 60.2 Å².